The first-order chi connectivity index (χ1) is 13.3. The molecule has 0 saturated carbocycles. The fraction of sp³-hybridized carbons (Fsp3) is 0.167. The normalized spacial score (nSPS) is 11.0. The maximum absolute atomic E-state index is 12.9. The van der Waals surface area contributed by atoms with Gasteiger partial charge in [-0.05, 0) is 82.5 Å². The lowest BCUT2D eigenvalue weighted by Gasteiger charge is -2.12. The van der Waals surface area contributed by atoms with E-state index in [4.69, 9.17) is 4.74 Å². The number of hydrogen-bond acceptors (Lipinski definition) is 3. The Kier molecular flexibility index (Phi) is 6.06. The van der Waals surface area contributed by atoms with E-state index in [-0.39, 0.29) is 14.1 Å². The van der Waals surface area contributed by atoms with E-state index in [0.717, 1.165) is 33.1 Å². The Balaban J connectivity index is 1.76. The quantitative estimate of drug-likeness (QED) is 0.338. The summed E-state index contributed by atoms with van der Waals surface area (Å²) < 4.78 is 5.46. The molecule has 0 aliphatic carbocycles. The Hall–Kier alpha value is -2.77. The smallest absolute Gasteiger partial charge is 0.343 e. The van der Waals surface area contributed by atoms with Crippen LogP contribution in [0.4, 0.5) is 0 Å². The second-order valence-electron chi connectivity index (χ2n) is 6.96. The van der Waals surface area contributed by atoms with E-state index in [1.54, 1.807) is 30.3 Å². The van der Waals surface area contributed by atoms with Crippen molar-refractivity contribution in [3.63, 3.8) is 0 Å². The maximum Gasteiger partial charge on any atom is 0.343 e. The van der Waals surface area contributed by atoms with Crippen molar-refractivity contribution in [1.82, 2.24) is 0 Å². The van der Waals surface area contributed by atoms with Gasteiger partial charge in [0.2, 0.25) is 0 Å². The van der Waals surface area contributed by atoms with Crippen LogP contribution in [0, 0.1) is 27.7 Å². The van der Waals surface area contributed by atoms with E-state index in [2.05, 4.69) is 0 Å². The molecule has 3 nitrogen and oxygen atoms in total. The maximum atomic E-state index is 12.9. The summed E-state index contributed by atoms with van der Waals surface area (Å²) in [6.07, 6.45) is 0. The minimum atomic E-state index is -0.391. The SMILES string of the molecule is Cc1cc(C)c(C(=O)Pc2ccc(OC(=O)c3ccccc3)cc2C)c(C)c1. The fourth-order valence-corrected chi connectivity index (χ4v) is 4.50. The molecule has 0 aliphatic heterocycles. The third-order valence-electron chi connectivity index (χ3n) is 4.57. The third-order valence-corrected chi connectivity index (χ3v) is 5.88. The van der Waals surface area contributed by atoms with Gasteiger partial charge in [0.05, 0.1) is 5.56 Å². The summed E-state index contributed by atoms with van der Waals surface area (Å²) in [7, 11) is 0.0298. The van der Waals surface area contributed by atoms with Crippen LogP contribution >= 0.6 is 8.58 Å². The van der Waals surface area contributed by atoms with Crippen LogP contribution in [0.3, 0.4) is 0 Å². The molecule has 142 valence electrons. The molecule has 3 rings (SSSR count). The molecule has 0 amide bonds. The predicted molar refractivity (Wildman–Crippen MR) is 116 cm³/mol. The van der Waals surface area contributed by atoms with Crippen LogP contribution in [0.2, 0.25) is 0 Å². The van der Waals surface area contributed by atoms with E-state index in [9.17, 15) is 9.59 Å². The topological polar surface area (TPSA) is 43.4 Å². The van der Waals surface area contributed by atoms with Gasteiger partial charge in [0.1, 0.15) is 5.75 Å². The molecule has 0 heterocycles. The van der Waals surface area contributed by atoms with Crippen LogP contribution < -0.4 is 10.0 Å². The van der Waals surface area contributed by atoms with Gasteiger partial charge in [0, 0.05) is 5.56 Å². The number of esters is 1. The van der Waals surface area contributed by atoms with Crippen LogP contribution in [0.1, 0.15) is 43.0 Å². The van der Waals surface area contributed by atoms with E-state index in [0.29, 0.717) is 11.3 Å². The molecule has 0 aliphatic rings. The molecule has 0 saturated heterocycles. The lowest BCUT2D eigenvalue weighted by molar-refractivity contribution is 0.0734. The summed E-state index contributed by atoms with van der Waals surface area (Å²) in [5, 5.41) is 0.962. The first-order valence-electron chi connectivity index (χ1n) is 9.12. The van der Waals surface area contributed by atoms with Gasteiger partial charge in [-0.1, -0.05) is 42.0 Å². The Morgan fingerprint density at radius 2 is 1.43 bits per heavy atom. The summed E-state index contributed by atoms with van der Waals surface area (Å²) >= 11 is 0. The molecule has 1 unspecified atom stereocenters. The van der Waals surface area contributed by atoms with Gasteiger partial charge in [0.25, 0.3) is 0 Å². The molecule has 0 radical (unpaired) electrons. The first kappa shape index (κ1) is 20.0. The Morgan fingerprint density at radius 3 is 2.04 bits per heavy atom. The molecule has 0 spiro atoms. The van der Waals surface area contributed by atoms with Crippen molar-refractivity contribution in [2.24, 2.45) is 0 Å². The number of carbonyl (C=O) groups excluding carboxylic acids is 2. The van der Waals surface area contributed by atoms with Gasteiger partial charge in [0.15, 0.2) is 5.52 Å². The number of hydrogen-bond donors (Lipinski definition) is 0. The summed E-state index contributed by atoms with van der Waals surface area (Å²) in [6.45, 7) is 7.94. The molecule has 0 N–H and O–H groups in total. The molecule has 3 aromatic rings. The number of benzene rings is 3. The average molecular weight is 390 g/mol. The second kappa shape index (κ2) is 8.50. The largest absolute Gasteiger partial charge is 0.423 e. The highest BCUT2D eigenvalue weighted by Crippen LogP contribution is 2.27. The Labute approximate surface area is 167 Å². The lowest BCUT2D eigenvalue weighted by Crippen LogP contribution is -2.11. The number of rotatable bonds is 5. The van der Waals surface area contributed by atoms with Crippen LogP contribution in [0.25, 0.3) is 0 Å². The zero-order valence-corrected chi connectivity index (χ0v) is 17.5. The van der Waals surface area contributed by atoms with Crippen molar-refractivity contribution in [2.75, 3.05) is 0 Å². The van der Waals surface area contributed by atoms with Crippen molar-refractivity contribution >= 4 is 25.4 Å². The molecule has 3 aromatic carbocycles. The van der Waals surface area contributed by atoms with Crippen LogP contribution in [0.15, 0.2) is 60.7 Å². The summed E-state index contributed by atoms with van der Waals surface area (Å²) in [5.74, 6) is 0.0900. The molecule has 0 aromatic heterocycles. The number of aryl methyl sites for hydroxylation is 4. The highest BCUT2D eigenvalue weighted by molar-refractivity contribution is 7.66. The minimum absolute atomic E-state index is 0.0298. The van der Waals surface area contributed by atoms with Crippen molar-refractivity contribution in [3.05, 3.63) is 94.0 Å². The van der Waals surface area contributed by atoms with E-state index < -0.39 is 5.97 Å². The van der Waals surface area contributed by atoms with Crippen molar-refractivity contribution in [1.29, 1.82) is 0 Å². The number of carbonyl (C=O) groups is 2. The van der Waals surface area contributed by atoms with Gasteiger partial charge >= 0.3 is 5.97 Å². The standard InChI is InChI=1S/C24H23O3P/c1-15-12-17(3)22(18(4)13-15)24(26)28-21-11-10-20(14-16(21)2)27-23(25)19-8-6-5-7-9-19/h5-14,28H,1-4H3. The highest BCUT2D eigenvalue weighted by Gasteiger charge is 2.15. The van der Waals surface area contributed by atoms with Crippen molar-refractivity contribution in [3.8, 4) is 5.75 Å². The van der Waals surface area contributed by atoms with Crippen LogP contribution in [0.5, 0.6) is 5.75 Å². The Bertz CT molecular complexity index is 1020. The van der Waals surface area contributed by atoms with Gasteiger partial charge in [-0.15, -0.1) is 0 Å². The van der Waals surface area contributed by atoms with Crippen molar-refractivity contribution in [2.45, 2.75) is 27.7 Å². The monoisotopic (exact) mass is 390 g/mol. The minimum Gasteiger partial charge on any atom is -0.423 e. The Morgan fingerprint density at radius 1 is 0.786 bits per heavy atom. The van der Waals surface area contributed by atoms with Crippen LogP contribution in [-0.4, -0.2) is 11.5 Å². The fourth-order valence-electron chi connectivity index (χ4n) is 3.30. The van der Waals surface area contributed by atoms with Gasteiger partial charge in [-0.3, -0.25) is 4.79 Å². The number of ether oxygens (including phenoxy) is 1. The highest BCUT2D eigenvalue weighted by atomic mass is 31.1. The third kappa shape index (κ3) is 4.55. The molecular weight excluding hydrogens is 367 g/mol. The predicted octanol–water partition coefficient (Wildman–Crippen LogP) is 5.28. The first-order valence-corrected chi connectivity index (χ1v) is 10.1. The molecule has 4 heteroatoms. The zero-order valence-electron chi connectivity index (χ0n) is 16.5. The average Bonchev–Trinajstić information content (AvgIpc) is 2.64. The lowest BCUT2D eigenvalue weighted by atomic mass is 10.0. The molecule has 28 heavy (non-hydrogen) atoms. The molecule has 0 bridgehead atoms. The second-order valence-corrected chi connectivity index (χ2v) is 8.20. The van der Waals surface area contributed by atoms with Crippen molar-refractivity contribution < 1.29 is 14.3 Å². The summed E-state index contributed by atoms with van der Waals surface area (Å²) in [5.41, 5.74) is 5.58. The van der Waals surface area contributed by atoms with Gasteiger partial charge in [-0.2, -0.15) is 0 Å². The summed E-state index contributed by atoms with van der Waals surface area (Å²) in [4.78, 5) is 25.1. The zero-order chi connectivity index (χ0) is 20.3. The van der Waals surface area contributed by atoms with Crippen LogP contribution in [-0.2, 0) is 0 Å². The van der Waals surface area contributed by atoms with E-state index in [1.165, 1.54) is 0 Å². The van der Waals surface area contributed by atoms with E-state index >= 15 is 0 Å². The van der Waals surface area contributed by atoms with Gasteiger partial charge < -0.3 is 4.74 Å². The molecular formula is C24H23O3P. The van der Waals surface area contributed by atoms with Gasteiger partial charge in [-0.25, -0.2) is 4.79 Å². The molecule has 0 fully saturated rings. The molecule has 1 atom stereocenters. The summed E-state index contributed by atoms with van der Waals surface area (Å²) in [6, 6.07) is 18.4. The van der Waals surface area contributed by atoms with E-state index in [1.807, 2.05) is 58.0 Å².